The minimum atomic E-state index is -0.718. The van der Waals surface area contributed by atoms with E-state index in [1.54, 1.807) is 0 Å². The van der Waals surface area contributed by atoms with Crippen LogP contribution in [0.1, 0.15) is 0 Å². The van der Waals surface area contributed by atoms with Gasteiger partial charge in [0.15, 0.2) is 0 Å². The quantitative estimate of drug-likeness (QED) is 0.353. The summed E-state index contributed by atoms with van der Waals surface area (Å²) in [5, 5.41) is 0. The third kappa shape index (κ3) is 4.73. The molecule has 0 aromatic heterocycles. The van der Waals surface area contributed by atoms with Gasteiger partial charge in [-0.1, -0.05) is 7.74 Å². The molecule has 0 unspecified atom stereocenters. The van der Waals surface area contributed by atoms with Crippen molar-refractivity contribution in [3.8, 4) is 0 Å². The lowest BCUT2D eigenvalue weighted by Gasteiger charge is -2.38. The van der Waals surface area contributed by atoms with E-state index in [4.69, 9.17) is 61.9 Å². The van der Waals surface area contributed by atoms with Crippen molar-refractivity contribution < 1.29 is 0 Å². The van der Waals surface area contributed by atoms with E-state index in [9.17, 15) is 0 Å². The minimum absolute atomic E-state index is 0.0559. The maximum absolute atomic E-state index is 5.99. The molecule has 0 saturated carbocycles. The summed E-state index contributed by atoms with van der Waals surface area (Å²) in [4.78, 5) is 0. The fourth-order valence-electron chi connectivity index (χ4n) is 1.67. The molecule has 0 bridgehead atoms. The lowest BCUT2D eigenvalue weighted by Crippen LogP contribution is -2.75. The van der Waals surface area contributed by atoms with E-state index in [1.165, 1.54) is 0 Å². The van der Waals surface area contributed by atoms with Crippen molar-refractivity contribution in [1.29, 1.82) is 0 Å². The largest absolute Gasteiger partial charge is 0.128 e. The van der Waals surface area contributed by atoms with Crippen LogP contribution in [0.4, 0.5) is 0 Å². The van der Waals surface area contributed by atoms with Crippen LogP contribution in [0.5, 0.6) is 0 Å². The molecule has 0 saturated heterocycles. The van der Waals surface area contributed by atoms with Crippen LogP contribution in [0, 0.1) is 0 Å². The highest BCUT2D eigenvalue weighted by atomic mass is 13.2. The molecule has 0 aromatic carbocycles. The molecule has 0 atom stereocenters. The van der Waals surface area contributed by atoms with E-state index < -0.39 is 25.5 Å². The summed E-state index contributed by atoms with van der Waals surface area (Å²) in [7, 11) is 45.7. The van der Waals surface area contributed by atoms with Crippen LogP contribution in [-0.4, -0.2) is 114 Å². The fraction of sp³-hybridized carbons (Fsp3) is 0. The molecular formula is H3B16-. The first-order valence-corrected chi connectivity index (χ1v) is 4.67. The molecule has 0 fully saturated rings. The highest BCUT2D eigenvalue weighted by molar-refractivity contribution is 8.13. The molecule has 0 aliphatic carbocycles. The van der Waals surface area contributed by atoms with E-state index in [0.29, 0.717) is 0 Å². The number of hydrogen-bond donors (Lipinski definition) is 0. The van der Waals surface area contributed by atoms with Crippen molar-refractivity contribution in [2.24, 2.45) is 0 Å². The first-order valence-electron chi connectivity index (χ1n) is 4.67. The SMILES string of the molecule is [B]B([B])B(B([B])[B])B(B([B])[B])B([B])B([B])[BH3-]. The minimum Gasteiger partial charge on any atom is -0.128 e. The van der Waals surface area contributed by atoms with Gasteiger partial charge in [0.2, 0.25) is 0 Å². The van der Waals surface area contributed by atoms with Crippen LogP contribution >= 0.6 is 0 Å². The van der Waals surface area contributed by atoms with E-state index in [2.05, 4.69) is 0 Å². The number of rotatable bonds is 6. The van der Waals surface area contributed by atoms with Gasteiger partial charge in [-0.3, -0.25) is 0 Å². The molecule has 16 radical (unpaired) electrons. The normalized spacial score (nSPS) is 9.06. The molecule has 0 heterocycles. The first kappa shape index (κ1) is 17.0. The van der Waals surface area contributed by atoms with Gasteiger partial charge in [0.05, 0.1) is 0 Å². The second kappa shape index (κ2) is 7.47. The Bertz CT molecular complexity index is 168. The molecule has 52 valence electrons. The topological polar surface area (TPSA) is 0 Å². The van der Waals surface area contributed by atoms with Crippen molar-refractivity contribution in [2.75, 3.05) is 0 Å². The van der Waals surface area contributed by atoms with Crippen LogP contribution in [0.2, 0.25) is 0 Å². The second-order valence-electron chi connectivity index (χ2n) is 3.66. The van der Waals surface area contributed by atoms with Crippen molar-refractivity contribution >= 4 is 114 Å². The molecule has 0 rings (SSSR count). The Balaban J connectivity index is 5.00. The monoisotopic (exact) mass is 179 g/mol. The first-order chi connectivity index (χ1) is 7.20. The van der Waals surface area contributed by atoms with Crippen molar-refractivity contribution in [3.63, 3.8) is 0 Å². The Morgan fingerprint density at radius 3 is 1.06 bits per heavy atom. The second-order valence-corrected chi connectivity index (χ2v) is 3.66. The Labute approximate surface area is 114 Å². The van der Waals surface area contributed by atoms with Crippen LogP contribution in [0.15, 0.2) is 0 Å². The third-order valence-corrected chi connectivity index (χ3v) is 2.44. The lowest BCUT2D eigenvalue weighted by molar-refractivity contribution is 3.38. The van der Waals surface area contributed by atoms with Gasteiger partial charge in [0.25, 0.3) is 0 Å². The van der Waals surface area contributed by atoms with Crippen LogP contribution < -0.4 is 0 Å². The molecule has 16 heavy (non-hydrogen) atoms. The Morgan fingerprint density at radius 2 is 0.875 bits per heavy atom. The van der Waals surface area contributed by atoms with Crippen molar-refractivity contribution in [3.05, 3.63) is 0 Å². The molecule has 0 aliphatic rings. The zero-order valence-corrected chi connectivity index (χ0v) is 8.66. The summed E-state index contributed by atoms with van der Waals surface area (Å²) < 4.78 is 0. The van der Waals surface area contributed by atoms with Crippen LogP contribution in [-0.2, 0) is 0 Å². The van der Waals surface area contributed by atoms with E-state index in [-0.39, 0.29) is 26.9 Å². The summed E-state index contributed by atoms with van der Waals surface area (Å²) in [6, 6.07) is 0. The zero-order valence-electron chi connectivity index (χ0n) is 8.66. The van der Waals surface area contributed by atoms with Gasteiger partial charge in [-0.15, -0.1) is 6.39 Å². The zero-order chi connectivity index (χ0) is 13.0. The highest BCUT2D eigenvalue weighted by Crippen LogP contribution is 2.00. The van der Waals surface area contributed by atoms with Gasteiger partial charge in [-0.2, -0.15) is 0 Å². The Morgan fingerprint density at radius 1 is 0.562 bits per heavy atom. The standard InChI is InChI=1S/B16H3/c1-10(2)14(9)16(13(7)8)15(11(3)4)12(5)6/h1H3/q-1. The van der Waals surface area contributed by atoms with Gasteiger partial charge in [0.1, 0.15) is 0 Å². The molecule has 0 N–H and O–H groups in total. The molecule has 0 aromatic rings. The predicted molar refractivity (Wildman–Crippen MR) is 96.2 cm³/mol. The smallest absolute Gasteiger partial charge is 0.0000000126 e. The van der Waals surface area contributed by atoms with Gasteiger partial charge < -0.3 is 0 Å². The van der Waals surface area contributed by atoms with Gasteiger partial charge >= 0.3 is 0 Å². The molecular weight excluding hydrogens is 173 g/mol. The van der Waals surface area contributed by atoms with Crippen molar-refractivity contribution in [1.82, 2.24) is 0 Å². The molecule has 0 nitrogen and oxygen atoms in total. The van der Waals surface area contributed by atoms with Crippen LogP contribution in [0.25, 0.3) is 0 Å². The summed E-state index contributed by atoms with van der Waals surface area (Å²) in [6.07, 6.45) is -3.34. The van der Waals surface area contributed by atoms with Gasteiger partial charge in [-0.25, -0.2) is 0 Å². The van der Waals surface area contributed by atoms with Crippen LogP contribution in [0.3, 0.4) is 0 Å². The summed E-state index contributed by atoms with van der Waals surface area (Å²) in [6.45, 7) is 0. The summed E-state index contributed by atoms with van der Waals surface area (Å²) >= 11 is 0. The summed E-state index contributed by atoms with van der Waals surface area (Å²) in [5.41, 5.74) is 0. The Hall–Kier alpha value is 1.04. The molecule has 0 amide bonds. The van der Waals surface area contributed by atoms with E-state index in [1.807, 2.05) is 0 Å². The lowest BCUT2D eigenvalue weighted by atomic mass is 8.44. The number of hydrogen-bond acceptors (Lipinski definition) is 0. The third-order valence-electron chi connectivity index (χ3n) is 2.44. The average molecular weight is 176 g/mol. The van der Waals surface area contributed by atoms with Gasteiger partial charge in [-0.05, 0) is 100 Å². The fourth-order valence-corrected chi connectivity index (χ4v) is 1.67. The molecule has 0 spiro atoms. The van der Waals surface area contributed by atoms with E-state index >= 15 is 0 Å². The highest BCUT2D eigenvalue weighted by Gasteiger charge is 2.37. The van der Waals surface area contributed by atoms with Crippen molar-refractivity contribution in [2.45, 2.75) is 0 Å². The maximum Gasteiger partial charge on any atom is -0.0000000126 e. The van der Waals surface area contributed by atoms with E-state index in [0.717, 1.165) is 0 Å². The molecule has 16 heteroatoms. The van der Waals surface area contributed by atoms with Gasteiger partial charge in [0, 0.05) is 0 Å². The maximum atomic E-state index is 5.99. The molecule has 0 aliphatic heterocycles. The summed E-state index contributed by atoms with van der Waals surface area (Å²) in [5.74, 6) is 0. The predicted octanol–water partition coefficient (Wildman–Crippen LogP) is -6.90. The Kier molecular flexibility index (Phi) is 7.95. The average Bonchev–Trinajstić information content (AvgIpc) is 2.10.